The topological polar surface area (TPSA) is 64.1 Å². The molecule has 0 unspecified atom stereocenters. The zero-order valence-corrected chi connectivity index (χ0v) is 14.2. The van der Waals surface area contributed by atoms with Gasteiger partial charge in [0.15, 0.2) is 12.4 Å². The van der Waals surface area contributed by atoms with Crippen LogP contribution in [0.2, 0.25) is 0 Å². The number of ether oxygens (including phenoxy) is 1. The molecular weight excluding hydrogens is 302 g/mol. The van der Waals surface area contributed by atoms with Crippen LogP contribution in [0.5, 0.6) is 5.88 Å². The Balaban J connectivity index is 1.65. The summed E-state index contributed by atoms with van der Waals surface area (Å²) in [7, 11) is 0. The third-order valence-corrected chi connectivity index (χ3v) is 4.21. The second-order valence-electron chi connectivity index (χ2n) is 6.37. The van der Waals surface area contributed by atoms with Crippen molar-refractivity contribution in [2.24, 2.45) is 0 Å². The summed E-state index contributed by atoms with van der Waals surface area (Å²) < 4.78 is 5.58. The lowest BCUT2D eigenvalue weighted by Gasteiger charge is -2.12. The number of rotatable bonds is 5. The van der Waals surface area contributed by atoms with Crippen molar-refractivity contribution in [1.82, 2.24) is 15.3 Å². The van der Waals surface area contributed by atoms with E-state index in [9.17, 15) is 4.79 Å². The summed E-state index contributed by atoms with van der Waals surface area (Å²) in [6.07, 6.45) is 4.51. The summed E-state index contributed by atoms with van der Waals surface area (Å²) in [5.74, 6) is 0.955. The molecule has 5 nitrogen and oxygen atoms in total. The average Bonchev–Trinajstić information content (AvgIpc) is 3.06. The van der Waals surface area contributed by atoms with Crippen LogP contribution in [-0.2, 0) is 4.79 Å². The highest BCUT2D eigenvalue weighted by Gasteiger charge is 2.17. The molecule has 1 aliphatic rings. The third-order valence-electron chi connectivity index (χ3n) is 4.21. The van der Waals surface area contributed by atoms with E-state index in [1.807, 2.05) is 38.1 Å². The maximum absolute atomic E-state index is 12.0. The minimum Gasteiger partial charge on any atom is -0.467 e. The Bertz CT molecular complexity index is 707. The van der Waals surface area contributed by atoms with Crippen LogP contribution >= 0.6 is 0 Å². The molecule has 0 spiro atoms. The van der Waals surface area contributed by atoms with Gasteiger partial charge in [-0.25, -0.2) is 4.98 Å². The lowest BCUT2D eigenvalue weighted by atomic mass is 10.1. The zero-order chi connectivity index (χ0) is 16.9. The van der Waals surface area contributed by atoms with Crippen LogP contribution in [0.25, 0.3) is 11.4 Å². The first-order chi connectivity index (χ1) is 11.6. The number of amides is 1. The van der Waals surface area contributed by atoms with E-state index in [1.54, 1.807) is 6.07 Å². The fourth-order valence-corrected chi connectivity index (χ4v) is 2.92. The van der Waals surface area contributed by atoms with Crippen LogP contribution in [0.3, 0.4) is 0 Å². The Kier molecular flexibility index (Phi) is 5.08. The first kappa shape index (κ1) is 16.4. The van der Waals surface area contributed by atoms with Gasteiger partial charge in [0.25, 0.3) is 5.91 Å². The molecule has 1 saturated carbocycles. The molecule has 24 heavy (non-hydrogen) atoms. The van der Waals surface area contributed by atoms with Crippen molar-refractivity contribution in [2.75, 3.05) is 6.61 Å². The van der Waals surface area contributed by atoms with Gasteiger partial charge in [-0.2, -0.15) is 4.98 Å². The standard InChI is InChI=1S/C19H23N3O2/c1-13-7-9-15(10-8-13)19-20-14(2)11-18(22-19)24-12-17(23)21-16-5-3-4-6-16/h7-11,16H,3-6,12H2,1-2H3,(H,21,23). The van der Waals surface area contributed by atoms with Gasteiger partial charge >= 0.3 is 0 Å². The van der Waals surface area contributed by atoms with Gasteiger partial charge in [-0.1, -0.05) is 42.7 Å². The summed E-state index contributed by atoms with van der Waals surface area (Å²) in [5, 5.41) is 3.01. The van der Waals surface area contributed by atoms with Crippen molar-refractivity contribution in [1.29, 1.82) is 0 Å². The minimum absolute atomic E-state index is 0.0136. The fraction of sp³-hybridized carbons (Fsp3) is 0.421. The van der Waals surface area contributed by atoms with E-state index >= 15 is 0 Å². The molecule has 3 rings (SSSR count). The van der Waals surface area contributed by atoms with E-state index in [-0.39, 0.29) is 12.5 Å². The van der Waals surface area contributed by atoms with Gasteiger partial charge in [0.2, 0.25) is 5.88 Å². The summed E-state index contributed by atoms with van der Waals surface area (Å²) in [5.41, 5.74) is 2.93. The highest BCUT2D eigenvalue weighted by atomic mass is 16.5. The lowest BCUT2D eigenvalue weighted by molar-refractivity contribution is -0.123. The summed E-state index contributed by atoms with van der Waals surface area (Å²) >= 11 is 0. The van der Waals surface area contributed by atoms with E-state index in [1.165, 1.54) is 18.4 Å². The molecule has 1 aliphatic carbocycles. The van der Waals surface area contributed by atoms with Crippen LogP contribution in [0.15, 0.2) is 30.3 Å². The first-order valence-electron chi connectivity index (χ1n) is 8.45. The molecule has 1 N–H and O–H groups in total. The molecule has 1 fully saturated rings. The lowest BCUT2D eigenvalue weighted by Crippen LogP contribution is -2.36. The van der Waals surface area contributed by atoms with Gasteiger partial charge in [0.05, 0.1) is 0 Å². The first-order valence-corrected chi connectivity index (χ1v) is 8.45. The molecule has 1 amide bonds. The Morgan fingerprint density at radius 3 is 2.58 bits per heavy atom. The second-order valence-corrected chi connectivity index (χ2v) is 6.37. The zero-order valence-electron chi connectivity index (χ0n) is 14.2. The molecule has 1 aromatic heterocycles. The monoisotopic (exact) mass is 325 g/mol. The Morgan fingerprint density at radius 1 is 1.17 bits per heavy atom. The van der Waals surface area contributed by atoms with E-state index in [0.29, 0.717) is 17.7 Å². The highest BCUT2D eigenvalue weighted by Crippen LogP contribution is 2.20. The summed E-state index contributed by atoms with van der Waals surface area (Å²) in [6.45, 7) is 3.92. The van der Waals surface area contributed by atoms with E-state index < -0.39 is 0 Å². The largest absolute Gasteiger partial charge is 0.467 e. The van der Waals surface area contributed by atoms with Crippen LogP contribution in [0, 0.1) is 13.8 Å². The molecule has 1 heterocycles. The number of aryl methyl sites for hydroxylation is 2. The molecule has 126 valence electrons. The average molecular weight is 325 g/mol. The number of nitrogens with one attached hydrogen (secondary N) is 1. The van der Waals surface area contributed by atoms with Gasteiger partial charge in [0.1, 0.15) is 0 Å². The number of hydrogen-bond acceptors (Lipinski definition) is 4. The SMILES string of the molecule is Cc1ccc(-c2nc(C)cc(OCC(=O)NC3CCCC3)n2)cc1. The summed E-state index contributed by atoms with van der Waals surface area (Å²) in [4.78, 5) is 20.8. The highest BCUT2D eigenvalue weighted by molar-refractivity contribution is 5.77. The van der Waals surface area contributed by atoms with E-state index in [0.717, 1.165) is 24.1 Å². The van der Waals surface area contributed by atoms with Crippen molar-refractivity contribution in [3.05, 3.63) is 41.6 Å². The molecule has 0 saturated heterocycles. The molecule has 0 atom stereocenters. The van der Waals surface area contributed by atoms with Crippen LogP contribution in [0.1, 0.15) is 36.9 Å². The van der Waals surface area contributed by atoms with Crippen molar-refractivity contribution < 1.29 is 9.53 Å². The predicted molar refractivity (Wildman–Crippen MR) is 92.8 cm³/mol. The van der Waals surface area contributed by atoms with Gasteiger partial charge in [0, 0.05) is 23.4 Å². The maximum atomic E-state index is 12.0. The Hall–Kier alpha value is -2.43. The number of carbonyl (C=O) groups is 1. The van der Waals surface area contributed by atoms with Gasteiger partial charge in [-0.05, 0) is 26.7 Å². The molecule has 2 aromatic rings. The van der Waals surface area contributed by atoms with Gasteiger partial charge < -0.3 is 10.1 Å². The molecule has 0 radical (unpaired) electrons. The number of nitrogens with zero attached hydrogens (tertiary/aromatic N) is 2. The van der Waals surface area contributed by atoms with Crippen molar-refractivity contribution in [3.8, 4) is 17.3 Å². The van der Waals surface area contributed by atoms with Crippen molar-refractivity contribution >= 4 is 5.91 Å². The van der Waals surface area contributed by atoms with E-state index in [2.05, 4.69) is 15.3 Å². The fourth-order valence-electron chi connectivity index (χ4n) is 2.92. The van der Waals surface area contributed by atoms with Crippen LogP contribution < -0.4 is 10.1 Å². The molecule has 1 aromatic carbocycles. The minimum atomic E-state index is -0.0879. The Morgan fingerprint density at radius 2 is 1.88 bits per heavy atom. The molecule has 5 heteroatoms. The maximum Gasteiger partial charge on any atom is 0.258 e. The Labute approximate surface area is 142 Å². The van der Waals surface area contributed by atoms with Gasteiger partial charge in [-0.3, -0.25) is 4.79 Å². The normalized spacial score (nSPS) is 14.6. The summed E-state index contributed by atoms with van der Waals surface area (Å²) in [6, 6.07) is 10.1. The second kappa shape index (κ2) is 7.43. The number of benzene rings is 1. The van der Waals surface area contributed by atoms with Crippen LogP contribution in [-0.4, -0.2) is 28.5 Å². The van der Waals surface area contributed by atoms with Crippen molar-refractivity contribution in [2.45, 2.75) is 45.6 Å². The third kappa shape index (κ3) is 4.31. The van der Waals surface area contributed by atoms with Crippen molar-refractivity contribution in [3.63, 3.8) is 0 Å². The smallest absolute Gasteiger partial charge is 0.258 e. The van der Waals surface area contributed by atoms with Gasteiger partial charge in [-0.15, -0.1) is 0 Å². The van der Waals surface area contributed by atoms with Crippen LogP contribution in [0.4, 0.5) is 0 Å². The molecule has 0 aliphatic heterocycles. The number of carbonyl (C=O) groups excluding carboxylic acids is 1. The van der Waals surface area contributed by atoms with E-state index in [4.69, 9.17) is 4.74 Å². The molecular formula is C19H23N3O2. The molecule has 0 bridgehead atoms. The predicted octanol–water partition coefficient (Wildman–Crippen LogP) is 3.20. The number of aromatic nitrogens is 2. The quantitative estimate of drug-likeness (QED) is 0.917. The number of hydrogen-bond donors (Lipinski definition) is 1.